The van der Waals surface area contributed by atoms with E-state index in [2.05, 4.69) is 0 Å². The van der Waals surface area contributed by atoms with Gasteiger partial charge in [-0.05, 0) is 31.6 Å². The van der Waals surface area contributed by atoms with Gasteiger partial charge in [0.1, 0.15) is 5.78 Å². The third kappa shape index (κ3) is 4.81. The van der Waals surface area contributed by atoms with Crippen LogP contribution in [0.2, 0.25) is 0 Å². The number of rotatable bonds is 3. The van der Waals surface area contributed by atoms with Crippen LogP contribution in [0.1, 0.15) is 83.5 Å². The highest BCUT2D eigenvalue weighted by Gasteiger charge is 2.30. The Morgan fingerprint density at radius 1 is 0.737 bits per heavy atom. The third-order valence-electron chi connectivity index (χ3n) is 5.15. The predicted molar refractivity (Wildman–Crippen MR) is 84.8 cm³/mol. The van der Waals surface area contributed by atoms with Gasteiger partial charge in [-0.3, -0.25) is 4.79 Å². The molecule has 2 fully saturated rings. The van der Waals surface area contributed by atoms with Crippen molar-refractivity contribution in [3.05, 3.63) is 0 Å². The summed E-state index contributed by atoms with van der Waals surface area (Å²) in [7, 11) is 0. The van der Waals surface area contributed by atoms with E-state index in [4.69, 9.17) is 12.6 Å². The highest BCUT2D eigenvalue weighted by atomic mass is 32.1. The van der Waals surface area contributed by atoms with E-state index in [1.54, 1.807) is 0 Å². The molecular weight excluding hydrogens is 252 g/mol. The second kappa shape index (κ2) is 8.34. The van der Waals surface area contributed by atoms with E-state index in [0.717, 1.165) is 12.8 Å². The molecule has 0 saturated heterocycles. The lowest BCUT2D eigenvalue weighted by atomic mass is 9.83. The molecule has 2 aliphatic carbocycles. The van der Waals surface area contributed by atoms with Gasteiger partial charge in [-0.25, -0.2) is 0 Å². The minimum absolute atomic E-state index is 0.0289. The molecule has 0 amide bonds. The Morgan fingerprint density at radius 2 is 1.16 bits per heavy atom. The van der Waals surface area contributed by atoms with Gasteiger partial charge in [-0.2, -0.15) is 12.6 Å². The molecule has 0 aromatic carbocycles. The van der Waals surface area contributed by atoms with Crippen molar-refractivity contribution in [2.24, 2.45) is 11.8 Å². The van der Waals surface area contributed by atoms with E-state index >= 15 is 0 Å². The Balaban J connectivity index is 1.88. The van der Waals surface area contributed by atoms with Crippen LogP contribution in [0, 0.1) is 11.8 Å². The maximum atomic E-state index is 12.7. The second-order valence-corrected chi connectivity index (χ2v) is 7.20. The fraction of sp³-hybridized carbons (Fsp3) is 0.941. The van der Waals surface area contributed by atoms with Crippen LogP contribution in [0.25, 0.3) is 0 Å². The lowest BCUT2D eigenvalue weighted by Gasteiger charge is -2.27. The minimum atomic E-state index is 0.0289. The summed E-state index contributed by atoms with van der Waals surface area (Å²) in [5.74, 6) is 1.37. The number of ketones is 1. The van der Waals surface area contributed by atoms with Gasteiger partial charge in [0.15, 0.2) is 0 Å². The molecule has 0 radical (unpaired) electrons. The van der Waals surface area contributed by atoms with Gasteiger partial charge in [-0.1, -0.05) is 57.8 Å². The largest absolute Gasteiger partial charge is 0.298 e. The molecular formula is C17H30OS. The molecule has 19 heavy (non-hydrogen) atoms. The minimum Gasteiger partial charge on any atom is -0.298 e. The maximum Gasteiger partial charge on any atom is 0.148 e. The molecule has 2 rings (SSSR count). The standard InChI is InChI=1S/C17H30OS/c18-16(14-10-6-4-5-7-11-14)17(19)15-12-8-2-1-3-9-13-15/h14-15,17,19H,1-13H2. The van der Waals surface area contributed by atoms with Gasteiger partial charge in [-0.15, -0.1) is 0 Å². The zero-order chi connectivity index (χ0) is 13.5. The van der Waals surface area contributed by atoms with E-state index < -0.39 is 0 Å². The van der Waals surface area contributed by atoms with Crippen molar-refractivity contribution in [1.82, 2.24) is 0 Å². The zero-order valence-corrected chi connectivity index (χ0v) is 13.2. The van der Waals surface area contributed by atoms with Crippen LogP contribution < -0.4 is 0 Å². The van der Waals surface area contributed by atoms with Gasteiger partial charge in [0, 0.05) is 5.92 Å². The Labute approximate surface area is 124 Å². The monoisotopic (exact) mass is 282 g/mol. The van der Waals surface area contributed by atoms with Gasteiger partial charge >= 0.3 is 0 Å². The summed E-state index contributed by atoms with van der Waals surface area (Å²) in [5.41, 5.74) is 0. The van der Waals surface area contributed by atoms with E-state index in [-0.39, 0.29) is 5.25 Å². The normalized spacial score (nSPS) is 26.2. The van der Waals surface area contributed by atoms with Crippen LogP contribution in [0.4, 0.5) is 0 Å². The zero-order valence-electron chi connectivity index (χ0n) is 12.3. The van der Waals surface area contributed by atoms with Crippen LogP contribution in [0.5, 0.6) is 0 Å². The van der Waals surface area contributed by atoms with Crippen molar-refractivity contribution in [2.45, 2.75) is 88.7 Å². The van der Waals surface area contributed by atoms with Gasteiger partial charge < -0.3 is 0 Å². The molecule has 2 saturated carbocycles. The first kappa shape index (κ1) is 15.4. The second-order valence-electron chi connectivity index (χ2n) is 6.64. The molecule has 0 aromatic heterocycles. The number of hydrogen-bond donors (Lipinski definition) is 1. The van der Waals surface area contributed by atoms with E-state index in [9.17, 15) is 4.79 Å². The maximum absolute atomic E-state index is 12.7. The topological polar surface area (TPSA) is 17.1 Å². The van der Waals surface area contributed by atoms with Crippen LogP contribution in [0.3, 0.4) is 0 Å². The van der Waals surface area contributed by atoms with Gasteiger partial charge in [0.25, 0.3) is 0 Å². The van der Waals surface area contributed by atoms with E-state index in [1.165, 1.54) is 70.6 Å². The van der Waals surface area contributed by atoms with Crippen molar-refractivity contribution >= 4 is 18.4 Å². The molecule has 0 N–H and O–H groups in total. The van der Waals surface area contributed by atoms with Gasteiger partial charge in [0.05, 0.1) is 5.25 Å². The molecule has 2 heteroatoms. The summed E-state index contributed by atoms with van der Waals surface area (Å²) < 4.78 is 0. The lowest BCUT2D eigenvalue weighted by Crippen LogP contribution is -2.31. The first-order chi connectivity index (χ1) is 9.29. The average Bonchev–Trinajstić information content (AvgIpc) is 2.65. The Bertz CT molecular complexity index is 260. The van der Waals surface area contributed by atoms with E-state index in [0.29, 0.717) is 17.6 Å². The molecule has 0 aliphatic heterocycles. The van der Waals surface area contributed by atoms with Crippen LogP contribution in [-0.4, -0.2) is 11.0 Å². The fourth-order valence-corrected chi connectivity index (χ4v) is 4.35. The highest BCUT2D eigenvalue weighted by molar-refractivity contribution is 7.81. The van der Waals surface area contributed by atoms with Crippen molar-refractivity contribution in [1.29, 1.82) is 0 Å². The molecule has 0 spiro atoms. The Kier molecular flexibility index (Phi) is 6.76. The predicted octanol–water partition coefficient (Wildman–Crippen LogP) is 5.18. The molecule has 0 bridgehead atoms. The SMILES string of the molecule is O=C(C1CCCCCC1)C(S)C1CCCCCCC1. The molecule has 2 aliphatic rings. The lowest BCUT2D eigenvalue weighted by molar-refractivity contribution is -0.123. The molecule has 0 heterocycles. The number of thiol groups is 1. The molecule has 0 aromatic rings. The molecule has 1 nitrogen and oxygen atoms in total. The number of carbonyl (C=O) groups is 1. The highest BCUT2D eigenvalue weighted by Crippen LogP contribution is 2.32. The quantitative estimate of drug-likeness (QED) is 0.557. The summed E-state index contributed by atoms with van der Waals surface area (Å²) in [6.07, 6.45) is 16.6. The number of Topliss-reactive ketones (excluding diaryl/α,β-unsaturated/α-hetero) is 1. The van der Waals surface area contributed by atoms with Crippen molar-refractivity contribution < 1.29 is 4.79 Å². The summed E-state index contributed by atoms with van der Waals surface area (Å²) >= 11 is 4.75. The van der Waals surface area contributed by atoms with Crippen molar-refractivity contribution in [2.75, 3.05) is 0 Å². The third-order valence-corrected chi connectivity index (χ3v) is 5.82. The van der Waals surface area contributed by atoms with Crippen molar-refractivity contribution in [3.8, 4) is 0 Å². The number of carbonyl (C=O) groups excluding carboxylic acids is 1. The summed E-state index contributed by atoms with van der Waals surface area (Å²) in [6, 6.07) is 0. The smallest absolute Gasteiger partial charge is 0.148 e. The first-order valence-corrected chi connectivity index (χ1v) is 9.02. The molecule has 110 valence electrons. The van der Waals surface area contributed by atoms with Crippen LogP contribution in [-0.2, 0) is 4.79 Å². The van der Waals surface area contributed by atoms with Crippen LogP contribution >= 0.6 is 12.6 Å². The molecule has 1 unspecified atom stereocenters. The summed E-state index contributed by atoms with van der Waals surface area (Å²) in [5, 5.41) is 0.0289. The van der Waals surface area contributed by atoms with Crippen LogP contribution in [0.15, 0.2) is 0 Å². The van der Waals surface area contributed by atoms with Gasteiger partial charge in [0.2, 0.25) is 0 Å². The number of hydrogen-bond acceptors (Lipinski definition) is 2. The Hall–Kier alpha value is 0.0200. The van der Waals surface area contributed by atoms with E-state index in [1.807, 2.05) is 0 Å². The molecule has 1 atom stereocenters. The Morgan fingerprint density at radius 3 is 1.68 bits per heavy atom. The summed E-state index contributed by atoms with van der Waals surface area (Å²) in [4.78, 5) is 12.7. The fourth-order valence-electron chi connectivity index (χ4n) is 3.84. The first-order valence-electron chi connectivity index (χ1n) is 8.51. The van der Waals surface area contributed by atoms with Crippen molar-refractivity contribution in [3.63, 3.8) is 0 Å². The average molecular weight is 282 g/mol. The summed E-state index contributed by atoms with van der Waals surface area (Å²) in [6.45, 7) is 0.